The molecule has 1 aliphatic carbocycles. The molecule has 2 unspecified atom stereocenters. The number of rotatable bonds is 6. The van der Waals surface area contributed by atoms with Crippen molar-refractivity contribution in [1.29, 1.82) is 0 Å². The summed E-state index contributed by atoms with van der Waals surface area (Å²) in [5, 5.41) is 5.24. The van der Waals surface area contributed by atoms with E-state index in [1.54, 1.807) is 0 Å². The van der Waals surface area contributed by atoms with Crippen molar-refractivity contribution in [3.63, 3.8) is 0 Å². The fourth-order valence-electron chi connectivity index (χ4n) is 8.74. The number of allylic oxidation sites excluding steroid dienone is 6. The van der Waals surface area contributed by atoms with Crippen LogP contribution in [0.15, 0.2) is 163 Å². The zero-order valence-corrected chi connectivity index (χ0v) is 27.8. The Balaban J connectivity index is 1.27. The summed E-state index contributed by atoms with van der Waals surface area (Å²) in [4.78, 5) is 2.45. The molecule has 8 rings (SSSR count). The van der Waals surface area contributed by atoms with Crippen LogP contribution >= 0.6 is 0 Å². The van der Waals surface area contributed by atoms with E-state index in [0.29, 0.717) is 0 Å². The smallest absolute Gasteiger partial charge is 0.0527 e. The molecular weight excluding hydrogens is 567 g/mol. The number of anilines is 1. The van der Waals surface area contributed by atoms with Gasteiger partial charge in [0, 0.05) is 29.0 Å². The SMILES string of the molecule is CC1=C(/C=C/C=C2/N(C)c3c(ccc4ccccc34)C2(C)Cc2ccccc2)C(C)(Cc2ccccc2)c2ccc3ccccc3c21. The van der Waals surface area contributed by atoms with Gasteiger partial charge < -0.3 is 4.90 Å². The average molecular weight is 608 g/mol. The molecule has 2 atom stereocenters. The number of likely N-dealkylation sites (N-methyl/N-ethyl adjacent to an activating group) is 1. The molecule has 0 bridgehead atoms. The molecule has 1 aliphatic heterocycles. The van der Waals surface area contributed by atoms with Crippen LogP contribution in [0.3, 0.4) is 0 Å². The quantitative estimate of drug-likeness (QED) is 0.182. The monoisotopic (exact) mass is 607 g/mol. The van der Waals surface area contributed by atoms with E-state index in [9.17, 15) is 0 Å². The first kappa shape index (κ1) is 29.3. The van der Waals surface area contributed by atoms with Crippen LogP contribution in [0, 0.1) is 0 Å². The van der Waals surface area contributed by atoms with Gasteiger partial charge in [-0.1, -0.05) is 153 Å². The van der Waals surface area contributed by atoms with Crippen LogP contribution in [0.4, 0.5) is 5.69 Å². The summed E-state index contributed by atoms with van der Waals surface area (Å²) in [5.74, 6) is 0. The summed E-state index contributed by atoms with van der Waals surface area (Å²) >= 11 is 0. The maximum absolute atomic E-state index is 2.45. The third-order valence-corrected chi connectivity index (χ3v) is 11.0. The first-order chi connectivity index (χ1) is 22.9. The Labute approximate surface area is 279 Å². The maximum Gasteiger partial charge on any atom is 0.0527 e. The molecule has 0 saturated heterocycles. The van der Waals surface area contributed by atoms with E-state index in [4.69, 9.17) is 0 Å². The first-order valence-corrected chi connectivity index (χ1v) is 16.9. The molecule has 6 aromatic rings. The van der Waals surface area contributed by atoms with Crippen molar-refractivity contribution < 1.29 is 0 Å². The summed E-state index contributed by atoms with van der Waals surface area (Å²) in [6.07, 6.45) is 9.03. The lowest BCUT2D eigenvalue weighted by molar-refractivity contribution is 0.567. The van der Waals surface area contributed by atoms with Crippen LogP contribution in [-0.4, -0.2) is 7.05 Å². The molecule has 0 spiro atoms. The molecule has 1 heterocycles. The van der Waals surface area contributed by atoms with Gasteiger partial charge in [-0.2, -0.15) is 0 Å². The number of nitrogens with zero attached hydrogens (tertiary/aromatic N) is 1. The summed E-state index contributed by atoms with van der Waals surface area (Å²) in [6, 6.07) is 48.9. The van der Waals surface area contributed by atoms with Gasteiger partial charge in [0.1, 0.15) is 0 Å². The molecule has 47 heavy (non-hydrogen) atoms. The Kier molecular flexibility index (Phi) is 7.03. The predicted molar refractivity (Wildman–Crippen MR) is 201 cm³/mol. The van der Waals surface area contributed by atoms with Crippen LogP contribution in [0.2, 0.25) is 0 Å². The van der Waals surface area contributed by atoms with Gasteiger partial charge in [0.05, 0.1) is 5.69 Å². The zero-order chi connectivity index (χ0) is 32.2. The summed E-state index contributed by atoms with van der Waals surface area (Å²) in [5.41, 5.74) is 12.1. The fraction of sp³-hybridized carbons (Fsp3) is 0.174. The van der Waals surface area contributed by atoms with Gasteiger partial charge in [-0.3, -0.25) is 0 Å². The van der Waals surface area contributed by atoms with Crippen LogP contribution in [0.1, 0.15) is 48.6 Å². The van der Waals surface area contributed by atoms with Gasteiger partial charge in [-0.05, 0) is 87.9 Å². The lowest BCUT2D eigenvalue weighted by Crippen LogP contribution is -2.28. The van der Waals surface area contributed by atoms with E-state index < -0.39 is 0 Å². The predicted octanol–water partition coefficient (Wildman–Crippen LogP) is 11.4. The largest absolute Gasteiger partial charge is 0.347 e. The highest BCUT2D eigenvalue weighted by molar-refractivity contribution is 6.00. The third kappa shape index (κ3) is 4.68. The van der Waals surface area contributed by atoms with Gasteiger partial charge in [0.2, 0.25) is 0 Å². The molecule has 0 aromatic heterocycles. The zero-order valence-electron chi connectivity index (χ0n) is 27.8. The van der Waals surface area contributed by atoms with Crippen LogP contribution < -0.4 is 4.90 Å². The molecule has 0 saturated carbocycles. The summed E-state index contributed by atoms with van der Waals surface area (Å²) < 4.78 is 0. The van der Waals surface area contributed by atoms with Gasteiger partial charge in [0.15, 0.2) is 0 Å². The van der Waals surface area contributed by atoms with Crippen LogP contribution in [-0.2, 0) is 23.7 Å². The molecule has 230 valence electrons. The molecule has 2 aliphatic rings. The van der Waals surface area contributed by atoms with E-state index in [1.165, 1.54) is 71.9 Å². The second kappa shape index (κ2) is 11.3. The lowest BCUT2D eigenvalue weighted by Gasteiger charge is -2.30. The minimum Gasteiger partial charge on any atom is -0.347 e. The molecular formula is C46H41N. The number of hydrogen-bond acceptors (Lipinski definition) is 1. The Bertz CT molecular complexity index is 2240. The van der Waals surface area contributed by atoms with Gasteiger partial charge >= 0.3 is 0 Å². The standard InChI is InChI=1S/C46H41N/c1-32-39(45(2,30-33-16-7-5-8-17-33)40-28-26-35-20-11-13-22-37(35)43(32)40)24-15-25-42-46(3,31-34-18-9-6-10-19-34)41-29-27-36-21-12-14-23-38(36)44(41)47(42)4/h5-29H,30-31H2,1-4H3/b24-15+,42-25+. The molecule has 0 fully saturated rings. The van der Waals surface area contributed by atoms with Crippen LogP contribution in [0.5, 0.6) is 0 Å². The van der Waals surface area contributed by atoms with E-state index in [1.807, 2.05) is 0 Å². The number of hydrogen-bond donors (Lipinski definition) is 0. The molecule has 0 amide bonds. The molecule has 0 N–H and O–H groups in total. The minimum atomic E-state index is -0.175. The Morgan fingerprint density at radius 2 is 1.11 bits per heavy atom. The number of fused-ring (bicyclic) bond motifs is 6. The van der Waals surface area contributed by atoms with Crippen molar-refractivity contribution in [2.75, 3.05) is 11.9 Å². The molecule has 6 aromatic carbocycles. The number of benzene rings is 6. The second-order valence-corrected chi connectivity index (χ2v) is 13.9. The third-order valence-electron chi connectivity index (χ3n) is 11.0. The average Bonchev–Trinajstić information content (AvgIpc) is 3.44. The van der Waals surface area contributed by atoms with Crippen molar-refractivity contribution in [3.8, 4) is 0 Å². The Hall–Kier alpha value is -5.14. The maximum atomic E-state index is 2.45. The fourth-order valence-corrected chi connectivity index (χ4v) is 8.74. The van der Waals surface area contributed by atoms with Crippen molar-refractivity contribution in [2.45, 2.75) is 44.4 Å². The topological polar surface area (TPSA) is 3.24 Å². The van der Waals surface area contributed by atoms with E-state index in [0.717, 1.165) is 12.8 Å². The molecule has 0 radical (unpaired) electrons. The lowest BCUT2D eigenvalue weighted by atomic mass is 9.73. The summed E-state index contributed by atoms with van der Waals surface area (Å²) in [6.45, 7) is 7.20. The van der Waals surface area contributed by atoms with E-state index >= 15 is 0 Å². The van der Waals surface area contributed by atoms with Crippen molar-refractivity contribution in [2.24, 2.45) is 0 Å². The van der Waals surface area contributed by atoms with Gasteiger partial charge in [0.25, 0.3) is 0 Å². The minimum absolute atomic E-state index is 0.145. The summed E-state index contributed by atoms with van der Waals surface area (Å²) in [7, 11) is 2.25. The Morgan fingerprint density at radius 1 is 0.574 bits per heavy atom. The van der Waals surface area contributed by atoms with Crippen molar-refractivity contribution in [3.05, 3.63) is 191 Å². The second-order valence-electron chi connectivity index (χ2n) is 13.9. The highest BCUT2D eigenvalue weighted by Crippen LogP contribution is 2.53. The molecule has 1 nitrogen and oxygen atoms in total. The van der Waals surface area contributed by atoms with Crippen molar-refractivity contribution >= 4 is 32.8 Å². The Morgan fingerprint density at radius 3 is 1.77 bits per heavy atom. The highest BCUT2D eigenvalue weighted by Gasteiger charge is 2.43. The molecule has 1 heteroatoms. The van der Waals surface area contributed by atoms with E-state index in [-0.39, 0.29) is 10.8 Å². The normalized spacial score (nSPS) is 21.4. The first-order valence-electron chi connectivity index (χ1n) is 16.9. The van der Waals surface area contributed by atoms with Crippen LogP contribution in [0.25, 0.3) is 27.1 Å². The highest BCUT2D eigenvalue weighted by atomic mass is 15.2. The van der Waals surface area contributed by atoms with Gasteiger partial charge in [-0.15, -0.1) is 0 Å². The van der Waals surface area contributed by atoms with Crippen molar-refractivity contribution in [1.82, 2.24) is 0 Å². The van der Waals surface area contributed by atoms with E-state index in [2.05, 4.69) is 184 Å². The van der Waals surface area contributed by atoms with Gasteiger partial charge in [-0.25, -0.2) is 0 Å².